The van der Waals surface area contributed by atoms with E-state index in [2.05, 4.69) is 12.2 Å². The van der Waals surface area contributed by atoms with Crippen molar-refractivity contribution >= 4 is 0 Å². The predicted molar refractivity (Wildman–Crippen MR) is 75.8 cm³/mol. The van der Waals surface area contributed by atoms with Gasteiger partial charge in [-0.25, -0.2) is 0 Å². The van der Waals surface area contributed by atoms with E-state index in [1.165, 1.54) is 12.1 Å². The van der Waals surface area contributed by atoms with Crippen LogP contribution in [0.2, 0.25) is 0 Å². The molecule has 1 aliphatic carbocycles. The standard InChI is InChI=1S/C16H22F3NO/c1-11-5-7-14(8-6-11)20-10-15(21)12-3-2-4-13(9-12)16(17,18)19/h2-4,9,11,14-15,20-21H,5-8,10H2,1H3. The topological polar surface area (TPSA) is 32.3 Å². The zero-order valence-corrected chi connectivity index (χ0v) is 12.2. The van der Waals surface area contributed by atoms with Crippen LogP contribution in [0.5, 0.6) is 0 Å². The highest BCUT2D eigenvalue weighted by molar-refractivity contribution is 5.27. The SMILES string of the molecule is CC1CCC(NCC(O)c2cccc(C(F)(F)F)c2)CC1. The van der Waals surface area contributed by atoms with Gasteiger partial charge in [-0.2, -0.15) is 13.2 Å². The molecule has 5 heteroatoms. The first-order valence-corrected chi connectivity index (χ1v) is 7.45. The molecule has 118 valence electrons. The number of rotatable bonds is 4. The molecule has 1 saturated carbocycles. The highest BCUT2D eigenvalue weighted by Crippen LogP contribution is 2.31. The Kier molecular flexibility index (Phi) is 5.27. The fourth-order valence-electron chi connectivity index (χ4n) is 2.78. The van der Waals surface area contributed by atoms with Crippen molar-refractivity contribution in [3.63, 3.8) is 0 Å². The molecular weight excluding hydrogens is 279 g/mol. The second-order valence-electron chi connectivity index (χ2n) is 6.00. The summed E-state index contributed by atoms with van der Waals surface area (Å²) in [6.45, 7) is 2.52. The van der Waals surface area contributed by atoms with Crippen LogP contribution < -0.4 is 5.32 Å². The first-order chi connectivity index (χ1) is 9.86. The molecule has 1 aliphatic rings. The molecule has 0 amide bonds. The average molecular weight is 301 g/mol. The van der Waals surface area contributed by atoms with Gasteiger partial charge in [-0.15, -0.1) is 0 Å². The molecule has 0 saturated heterocycles. The Bertz CT molecular complexity index is 453. The molecule has 2 rings (SSSR count). The van der Waals surface area contributed by atoms with Crippen LogP contribution in [-0.4, -0.2) is 17.7 Å². The second kappa shape index (κ2) is 6.79. The molecule has 0 aromatic heterocycles. The van der Waals surface area contributed by atoms with E-state index in [-0.39, 0.29) is 0 Å². The van der Waals surface area contributed by atoms with Crippen LogP contribution in [0.1, 0.15) is 49.8 Å². The molecule has 2 nitrogen and oxygen atoms in total. The summed E-state index contributed by atoms with van der Waals surface area (Å²) >= 11 is 0. The Morgan fingerprint density at radius 2 is 1.90 bits per heavy atom. The van der Waals surface area contributed by atoms with Gasteiger partial charge in [-0.05, 0) is 49.3 Å². The number of hydrogen-bond acceptors (Lipinski definition) is 2. The number of aliphatic hydroxyl groups excluding tert-OH is 1. The fraction of sp³-hybridized carbons (Fsp3) is 0.625. The third-order valence-corrected chi connectivity index (χ3v) is 4.21. The fourth-order valence-corrected chi connectivity index (χ4v) is 2.78. The van der Waals surface area contributed by atoms with Crippen molar-refractivity contribution in [1.29, 1.82) is 0 Å². The molecule has 21 heavy (non-hydrogen) atoms. The molecule has 0 radical (unpaired) electrons. The quantitative estimate of drug-likeness (QED) is 0.884. The summed E-state index contributed by atoms with van der Waals surface area (Å²) in [6, 6.07) is 5.27. The van der Waals surface area contributed by atoms with Crippen LogP contribution in [0.15, 0.2) is 24.3 Å². The number of alkyl halides is 3. The minimum absolute atomic E-state index is 0.292. The van der Waals surface area contributed by atoms with Gasteiger partial charge in [0.25, 0.3) is 0 Å². The minimum Gasteiger partial charge on any atom is -0.387 e. The van der Waals surface area contributed by atoms with Crippen LogP contribution in [0, 0.1) is 5.92 Å². The van der Waals surface area contributed by atoms with Gasteiger partial charge in [0.15, 0.2) is 0 Å². The molecule has 0 spiro atoms. The molecule has 0 heterocycles. The third kappa shape index (κ3) is 4.71. The van der Waals surface area contributed by atoms with E-state index in [0.717, 1.165) is 43.7 Å². The van der Waals surface area contributed by atoms with E-state index in [1.54, 1.807) is 0 Å². The van der Waals surface area contributed by atoms with Gasteiger partial charge in [0.05, 0.1) is 11.7 Å². The maximum Gasteiger partial charge on any atom is 0.416 e. The molecule has 2 N–H and O–H groups in total. The largest absolute Gasteiger partial charge is 0.416 e. The average Bonchev–Trinajstić information content (AvgIpc) is 2.45. The lowest BCUT2D eigenvalue weighted by Crippen LogP contribution is -2.35. The van der Waals surface area contributed by atoms with E-state index in [4.69, 9.17) is 0 Å². The smallest absolute Gasteiger partial charge is 0.387 e. The summed E-state index contributed by atoms with van der Waals surface area (Å²) in [5.41, 5.74) is -0.410. The Morgan fingerprint density at radius 3 is 2.52 bits per heavy atom. The maximum atomic E-state index is 12.6. The zero-order chi connectivity index (χ0) is 15.5. The van der Waals surface area contributed by atoms with Crippen molar-refractivity contribution < 1.29 is 18.3 Å². The molecule has 1 aromatic rings. The summed E-state index contributed by atoms with van der Waals surface area (Å²) in [7, 11) is 0. The van der Waals surface area contributed by atoms with Crippen molar-refractivity contribution in [3.05, 3.63) is 35.4 Å². The third-order valence-electron chi connectivity index (χ3n) is 4.21. The van der Waals surface area contributed by atoms with Gasteiger partial charge in [-0.1, -0.05) is 19.1 Å². The second-order valence-corrected chi connectivity index (χ2v) is 6.00. The van der Waals surface area contributed by atoms with E-state index in [1.807, 2.05) is 0 Å². The Labute approximate surface area is 123 Å². The summed E-state index contributed by atoms with van der Waals surface area (Å²) < 4.78 is 37.9. The molecular formula is C16H22F3NO. The molecule has 1 fully saturated rings. The summed E-state index contributed by atoms with van der Waals surface area (Å²) in [5.74, 6) is 0.747. The maximum absolute atomic E-state index is 12.6. The van der Waals surface area contributed by atoms with Crippen LogP contribution >= 0.6 is 0 Å². The van der Waals surface area contributed by atoms with Gasteiger partial charge < -0.3 is 10.4 Å². The van der Waals surface area contributed by atoms with Gasteiger partial charge >= 0.3 is 6.18 Å². The van der Waals surface area contributed by atoms with Crippen LogP contribution in [-0.2, 0) is 6.18 Å². The zero-order valence-electron chi connectivity index (χ0n) is 12.2. The van der Waals surface area contributed by atoms with Gasteiger partial charge in [0.2, 0.25) is 0 Å². The number of hydrogen-bond donors (Lipinski definition) is 2. The van der Waals surface area contributed by atoms with Crippen molar-refractivity contribution in [3.8, 4) is 0 Å². The van der Waals surface area contributed by atoms with E-state index in [9.17, 15) is 18.3 Å². The molecule has 1 aromatic carbocycles. The van der Waals surface area contributed by atoms with Crippen molar-refractivity contribution in [2.75, 3.05) is 6.54 Å². The number of benzene rings is 1. The van der Waals surface area contributed by atoms with Gasteiger partial charge in [0, 0.05) is 12.6 Å². The lowest BCUT2D eigenvalue weighted by atomic mass is 9.87. The van der Waals surface area contributed by atoms with E-state index in [0.29, 0.717) is 18.2 Å². The van der Waals surface area contributed by atoms with Gasteiger partial charge in [-0.3, -0.25) is 0 Å². The van der Waals surface area contributed by atoms with E-state index >= 15 is 0 Å². The summed E-state index contributed by atoms with van der Waals surface area (Å²) in [4.78, 5) is 0. The van der Waals surface area contributed by atoms with Gasteiger partial charge in [0.1, 0.15) is 0 Å². The van der Waals surface area contributed by atoms with Crippen molar-refractivity contribution in [2.45, 2.75) is 50.9 Å². The van der Waals surface area contributed by atoms with Crippen LogP contribution in [0.25, 0.3) is 0 Å². The highest BCUT2D eigenvalue weighted by Gasteiger charge is 2.30. The first kappa shape index (κ1) is 16.3. The molecule has 1 unspecified atom stereocenters. The monoisotopic (exact) mass is 301 g/mol. The Hall–Kier alpha value is -1.07. The Morgan fingerprint density at radius 1 is 1.24 bits per heavy atom. The number of halogens is 3. The lowest BCUT2D eigenvalue weighted by Gasteiger charge is -2.28. The highest BCUT2D eigenvalue weighted by atomic mass is 19.4. The molecule has 0 aliphatic heterocycles. The van der Waals surface area contributed by atoms with Crippen molar-refractivity contribution in [1.82, 2.24) is 5.32 Å². The Balaban J connectivity index is 1.90. The lowest BCUT2D eigenvalue weighted by molar-refractivity contribution is -0.137. The summed E-state index contributed by atoms with van der Waals surface area (Å²) in [5, 5.41) is 13.3. The molecule has 0 bridgehead atoms. The number of nitrogens with one attached hydrogen (secondary N) is 1. The minimum atomic E-state index is -4.37. The van der Waals surface area contributed by atoms with Crippen molar-refractivity contribution in [2.24, 2.45) is 5.92 Å². The predicted octanol–water partition coefficient (Wildman–Crippen LogP) is 3.91. The normalized spacial score (nSPS) is 24.8. The molecule has 1 atom stereocenters. The first-order valence-electron chi connectivity index (χ1n) is 7.45. The van der Waals surface area contributed by atoms with E-state index < -0.39 is 17.8 Å². The number of aliphatic hydroxyl groups is 1. The van der Waals surface area contributed by atoms with Crippen LogP contribution in [0.4, 0.5) is 13.2 Å². The van der Waals surface area contributed by atoms with Crippen LogP contribution in [0.3, 0.4) is 0 Å². The summed E-state index contributed by atoms with van der Waals surface area (Å²) in [6.07, 6.45) is -0.823.